The SMILES string of the molecule is CNCC(=O)NC(CO)CO. The van der Waals surface area contributed by atoms with E-state index < -0.39 is 6.04 Å². The van der Waals surface area contributed by atoms with Gasteiger partial charge in [0.15, 0.2) is 0 Å². The molecule has 0 saturated heterocycles. The van der Waals surface area contributed by atoms with Gasteiger partial charge in [0.25, 0.3) is 0 Å². The Morgan fingerprint density at radius 1 is 1.45 bits per heavy atom. The molecule has 0 aliphatic heterocycles. The van der Waals surface area contributed by atoms with E-state index in [1.54, 1.807) is 7.05 Å². The van der Waals surface area contributed by atoms with Crippen LogP contribution in [0.5, 0.6) is 0 Å². The van der Waals surface area contributed by atoms with Gasteiger partial charge >= 0.3 is 0 Å². The number of aliphatic hydroxyl groups excluding tert-OH is 2. The van der Waals surface area contributed by atoms with Crippen molar-refractivity contribution in [2.24, 2.45) is 0 Å². The van der Waals surface area contributed by atoms with Gasteiger partial charge in [-0.25, -0.2) is 0 Å². The second-order valence-corrected chi connectivity index (χ2v) is 2.16. The fourth-order valence-corrected chi connectivity index (χ4v) is 0.588. The molecule has 4 N–H and O–H groups in total. The van der Waals surface area contributed by atoms with E-state index in [0.29, 0.717) is 0 Å². The average Bonchev–Trinajstić information content (AvgIpc) is 2.01. The molecule has 11 heavy (non-hydrogen) atoms. The Labute approximate surface area is 65.4 Å². The number of nitrogens with one attached hydrogen (secondary N) is 2. The first-order chi connectivity index (χ1) is 5.24. The summed E-state index contributed by atoms with van der Waals surface area (Å²) < 4.78 is 0. The molecule has 0 aromatic heterocycles. The van der Waals surface area contributed by atoms with Crippen molar-refractivity contribution in [3.05, 3.63) is 0 Å². The van der Waals surface area contributed by atoms with Gasteiger partial charge < -0.3 is 20.8 Å². The minimum atomic E-state index is -0.546. The molecule has 0 spiro atoms. The highest BCUT2D eigenvalue weighted by atomic mass is 16.3. The molecule has 0 atom stereocenters. The largest absolute Gasteiger partial charge is 0.394 e. The molecule has 0 aromatic carbocycles. The summed E-state index contributed by atoms with van der Waals surface area (Å²) in [5.41, 5.74) is 0. The highest BCUT2D eigenvalue weighted by Gasteiger charge is 2.07. The van der Waals surface area contributed by atoms with Crippen molar-refractivity contribution in [2.75, 3.05) is 26.8 Å². The first kappa shape index (κ1) is 10.3. The van der Waals surface area contributed by atoms with Crippen LogP contribution in [0, 0.1) is 0 Å². The quantitative estimate of drug-likeness (QED) is 0.365. The summed E-state index contributed by atoms with van der Waals surface area (Å²) in [6.45, 7) is -0.297. The van der Waals surface area contributed by atoms with E-state index in [2.05, 4.69) is 10.6 Å². The van der Waals surface area contributed by atoms with Gasteiger partial charge in [-0.05, 0) is 7.05 Å². The number of rotatable bonds is 5. The maximum absolute atomic E-state index is 10.8. The van der Waals surface area contributed by atoms with Crippen molar-refractivity contribution < 1.29 is 15.0 Å². The zero-order chi connectivity index (χ0) is 8.69. The summed E-state index contributed by atoms with van der Waals surface area (Å²) in [7, 11) is 1.65. The van der Waals surface area contributed by atoms with Crippen molar-refractivity contribution in [1.29, 1.82) is 0 Å². The van der Waals surface area contributed by atoms with Crippen LogP contribution in [-0.2, 0) is 4.79 Å². The third kappa shape index (κ3) is 4.72. The smallest absolute Gasteiger partial charge is 0.234 e. The average molecular weight is 162 g/mol. The van der Waals surface area contributed by atoms with Gasteiger partial charge in [0, 0.05) is 0 Å². The van der Waals surface area contributed by atoms with E-state index in [1.807, 2.05) is 0 Å². The van der Waals surface area contributed by atoms with Crippen molar-refractivity contribution in [3.63, 3.8) is 0 Å². The van der Waals surface area contributed by atoms with Crippen LogP contribution < -0.4 is 10.6 Å². The third-order valence-corrected chi connectivity index (χ3v) is 1.14. The van der Waals surface area contributed by atoms with E-state index in [4.69, 9.17) is 10.2 Å². The predicted molar refractivity (Wildman–Crippen MR) is 40.0 cm³/mol. The normalized spacial score (nSPS) is 10.2. The zero-order valence-electron chi connectivity index (χ0n) is 6.50. The molecular formula is C6H14N2O3. The Morgan fingerprint density at radius 2 is 2.00 bits per heavy atom. The number of hydrogen-bond donors (Lipinski definition) is 4. The standard InChI is InChI=1S/C6H14N2O3/c1-7-2-6(11)8-5(3-9)4-10/h5,7,9-10H,2-4H2,1H3,(H,8,11). The number of likely N-dealkylation sites (N-methyl/N-ethyl adjacent to an activating group) is 1. The van der Waals surface area contributed by atoms with Gasteiger partial charge in [0.2, 0.25) is 5.91 Å². The zero-order valence-corrected chi connectivity index (χ0v) is 6.50. The summed E-state index contributed by atoms with van der Waals surface area (Å²) in [4.78, 5) is 10.8. The molecule has 0 unspecified atom stereocenters. The van der Waals surface area contributed by atoms with Crippen molar-refractivity contribution in [3.8, 4) is 0 Å². The lowest BCUT2D eigenvalue weighted by molar-refractivity contribution is -0.121. The summed E-state index contributed by atoms with van der Waals surface area (Å²) in [6, 6.07) is -0.546. The van der Waals surface area contributed by atoms with Crippen molar-refractivity contribution in [1.82, 2.24) is 10.6 Å². The van der Waals surface area contributed by atoms with Gasteiger partial charge in [0.1, 0.15) is 0 Å². The van der Waals surface area contributed by atoms with Gasteiger partial charge in [-0.1, -0.05) is 0 Å². The lowest BCUT2D eigenvalue weighted by atomic mass is 10.3. The fraction of sp³-hybridized carbons (Fsp3) is 0.833. The molecule has 66 valence electrons. The fourth-order valence-electron chi connectivity index (χ4n) is 0.588. The van der Waals surface area contributed by atoms with Crippen LogP contribution >= 0.6 is 0 Å². The van der Waals surface area contributed by atoms with Crippen LogP contribution in [0.2, 0.25) is 0 Å². The number of carbonyl (C=O) groups is 1. The lowest BCUT2D eigenvalue weighted by Gasteiger charge is -2.12. The number of amides is 1. The maximum Gasteiger partial charge on any atom is 0.234 e. The third-order valence-electron chi connectivity index (χ3n) is 1.14. The Hall–Kier alpha value is -0.650. The number of aliphatic hydroxyl groups is 2. The number of hydrogen-bond acceptors (Lipinski definition) is 4. The highest BCUT2D eigenvalue weighted by Crippen LogP contribution is 1.78. The highest BCUT2D eigenvalue weighted by molar-refractivity contribution is 5.78. The van der Waals surface area contributed by atoms with E-state index in [0.717, 1.165) is 0 Å². The Morgan fingerprint density at radius 3 is 2.36 bits per heavy atom. The van der Waals surface area contributed by atoms with Crippen molar-refractivity contribution >= 4 is 5.91 Å². The van der Waals surface area contributed by atoms with E-state index in [9.17, 15) is 4.79 Å². The molecule has 0 saturated carbocycles. The first-order valence-electron chi connectivity index (χ1n) is 3.40. The van der Waals surface area contributed by atoms with Crippen LogP contribution in [0.1, 0.15) is 0 Å². The molecule has 0 rings (SSSR count). The first-order valence-corrected chi connectivity index (χ1v) is 3.40. The molecular weight excluding hydrogens is 148 g/mol. The Kier molecular flexibility index (Phi) is 5.73. The minimum Gasteiger partial charge on any atom is -0.394 e. The van der Waals surface area contributed by atoms with Crippen LogP contribution in [0.25, 0.3) is 0 Å². The number of carbonyl (C=O) groups excluding carboxylic acids is 1. The molecule has 0 bridgehead atoms. The summed E-state index contributed by atoms with van der Waals surface area (Å²) in [5.74, 6) is -0.236. The topological polar surface area (TPSA) is 81.6 Å². The van der Waals surface area contributed by atoms with Crippen LogP contribution in [0.15, 0.2) is 0 Å². The second kappa shape index (κ2) is 6.09. The predicted octanol–water partition coefficient (Wildman–Crippen LogP) is -2.32. The Balaban J connectivity index is 3.54. The second-order valence-electron chi connectivity index (χ2n) is 2.16. The van der Waals surface area contributed by atoms with Gasteiger partial charge in [0.05, 0.1) is 25.8 Å². The molecule has 5 nitrogen and oxygen atoms in total. The monoisotopic (exact) mass is 162 g/mol. The Bertz CT molecular complexity index is 114. The maximum atomic E-state index is 10.8. The van der Waals surface area contributed by atoms with E-state index in [1.165, 1.54) is 0 Å². The molecule has 0 aromatic rings. The van der Waals surface area contributed by atoms with Crippen LogP contribution in [0.4, 0.5) is 0 Å². The molecule has 0 aliphatic carbocycles. The summed E-state index contributed by atoms with van der Waals surface area (Å²) >= 11 is 0. The van der Waals surface area contributed by atoms with Gasteiger partial charge in [-0.2, -0.15) is 0 Å². The van der Waals surface area contributed by atoms with Gasteiger partial charge in [-0.15, -0.1) is 0 Å². The van der Waals surface area contributed by atoms with E-state index >= 15 is 0 Å². The van der Waals surface area contributed by atoms with E-state index in [-0.39, 0.29) is 25.7 Å². The summed E-state index contributed by atoms with van der Waals surface area (Å²) in [6.07, 6.45) is 0. The molecule has 5 heteroatoms. The minimum absolute atomic E-state index is 0.191. The molecule has 0 radical (unpaired) electrons. The van der Waals surface area contributed by atoms with Gasteiger partial charge in [-0.3, -0.25) is 4.79 Å². The van der Waals surface area contributed by atoms with Crippen LogP contribution in [-0.4, -0.2) is 49.0 Å². The molecule has 0 aliphatic rings. The van der Waals surface area contributed by atoms with Crippen LogP contribution in [0.3, 0.4) is 0 Å². The molecule has 0 fully saturated rings. The molecule has 0 heterocycles. The summed E-state index contributed by atoms with van der Waals surface area (Å²) in [5, 5.41) is 22.2. The molecule has 1 amide bonds. The lowest BCUT2D eigenvalue weighted by Crippen LogP contribution is -2.43. The van der Waals surface area contributed by atoms with Crippen molar-refractivity contribution in [2.45, 2.75) is 6.04 Å².